The molecule has 0 atom stereocenters. The molecule has 1 aliphatic rings. The fraction of sp³-hybridized carbons (Fsp3) is 0.588. The van der Waals surface area contributed by atoms with Gasteiger partial charge in [-0.05, 0) is 24.8 Å². The molecule has 0 saturated carbocycles. The van der Waals surface area contributed by atoms with E-state index in [1.807, 2.05) is 13.8 Å². The third-order valence-electron chi connectivity index (χ3n) is 4.64. The molecule has 2 aromatic heterocycles. The Morgan fingerprint density at radius 2 is 2.04 bits per heavy atom. The van der Waals surface area contributed by atoms with Gasteiger partial charge in [-0.15, -0.1) is 0 Å². The standard InChI is InChI=1S/C17H27N7O2S/c1-12(2)11-27(25,26)24-8-5-13(6-9-24)21-17-19-7-4-15(22-17)14-10-20-23(3)16(14)18/h4,7,10,12-13H,5-6,8-9,11,18H2,1-3H3,(H,19,21,22). The van der Waals surface area contributed by atoms with Crippen LogP contribution in [0.4, 0.5) is 11.8 Å². The minimum absolute atomic E-state index is 0.127. The molecule has 1 fully saturated rings. The molecule has 3 heterocycles. The molecule has 148 valence electrons. The number of nitrogens with zero attached hydrogens (tertiary/aromatic N) is 5. The van der Waals surface area contributed by atoms with E-state index < -0.39 is 10.0 Å². The van der Waals surface area contributed by atoms with Crippen molar-refractivity contribution in [2.45, 2.75) is 32.7 Å². The van der Waals surface area contributed by atoms with Crippen LogP contribution in [0.15, 0.2) is 18.5 Å². The molecule has 10 heteroatoms. The quantitative estimate of drug-likeness (QED) is 0.759. The molecule has 1 aliphatic heterocycles. The second-order valence-corrected chi connectivity index (χ2v) is 9.34. The van der Waals surface area contributed by atoms with Crippen LogP contribution in [0.2, 0.25) is 0 Å². The number of nitrogen functional groups attached to an aromatic ring is 1. The third kappa shape index (κ3) is 4.56. The Hall–Kier alpha value is -2.20. The van der Waals surface area contributed by atoms with Crippen LogP contribution in [-0.2, 0) is 17.1 Å². The molecule has 9 nitrogen and oxygen atoms in total. The molecule has 0 radical (unpaired) electrons. The van der Waals surface area contributed by atoms with Gasteiger partial charge in [-0.1, -0.05) is 13.8 Å². The van der Waals surface area contributed by atoms with Gasteiger partial charge in [0.2, 0.25) is 16.0 Å². The Bertz CT molecular complexity index is 886. The second-order valence-electron chi connectivity index (χ2n) is 7.32. The zero-order valence-electron chi connectivity index (χ0n) is 16.0. The molecule has 0 aliphatic carbocycles. The zero-order valence-corrected chi connectivity index (χ0v) is 16.8. The van der Waals surface area contributed by atoms with Crippen molar-refractivity contribution in [1.82, 2.24) is 24.1 Å². The van der Waals surface area contributed by atoms with Gasteiger partial charge in [-0.3, -0.25) is 4.68 Å². The minimum Gasteiger partial charge on any atom is -0.383 e. The van der Waals surface area contributed by atoms with E-state index in [0.717, 1.165) is 18.4 Å². The number of aryl methyl sites for hydroxylation is 1. The van der Waals surface area contributed by atoms with Gasteiger partial charge in [0.15, 0.2) is 0 Å². The summed E-state index contributed by atoms with van der Waals surface area (Å²) in [6, 6.07) is 1.93. The first kappa shape index (κ1) is 19.6. The Balaban J connectivity index is 1.63. The number of piperidine rings is 1. The van der Waals surface area contributed by atoms with Crippen LogP contribution in [0, 0.1) is 5.92 Å². The number of anilines is 2. The summed E-state index contributed by atoms with van der Waals surface area (Å²) in [6.07, 6.45) is 4.80. The van der Waals surface area contributed by atoms with E-state index >= 15 is 0 Å². The molecular formula is C17H27N7O2S. The SMILES string of the molecule is CC(C)CS(=O)(=O)N1CCC(Nc2nccc(-c3cnn(C)c3N)n2)CC1. The van der Waals surface area contributed by atoms with Gasteiger partial charge < -0.3 is 11.1 Å². The molecule has 0 amide bonds. The predicted octanol–water partition coefficient (Wildman–Crippen LogP) is 1.32. The lowest BCUT2D eigenvalue weighted by Crippen LogP contribution is -2.44. The molecule has 3 rings (SSSR count). The molecule has 1 saturated heterocycles. The third-order valence-corrected chi connectivity index (χ3v) is 6.88. The number of aromatic nitrogens is 4. The van der Waals surface area contributed by atoms with Gasteiger partial charge in [-0.2, -0.15) is 5.10 Å². The van der Waals surface area contributed by atoms with Crippen molar-refractivity contribution in [2.75, 3.05) is 29.9 Å². The van der Waals surface area contributed by atoms with Gasteiger partial charge in [0.1, 0.15) is 5.82 Å². The van der Waals surface area contributed by atoms with Crippen molar-refractivity contribution in [1.29, 1.82) is 0 Å². The lowest BCUT2D eigenvalue weighted by atomic mass is 10.1. The van der Waals surface area contributed by atoms with Crippen LogP contribution in [0.3, 0.4) is 0 Å². The van der Waals surface area contributed by atoms with E-state index in [1.165, 1.54) is 0 Å². The highest BCUT2D eigenvalue weighted by Gasteiger charge is 2.28. The molecule has 2 aromatic rings. The molecule has 0 spiro atoms. The average Bonchev–Trinajstić information content (AvgIpc) is 2.94. The number of nitrogens with one attached hydrogen (secondary N) is 1. The Kier molecular flexibility index (Phi) is 5.66. The fourth-order valence-electron chi connectivity index (χ4n) is 3.21. The van der Waals surface area contributed by atoms with Crippen molar-refractivity contribution >= 4 is 21.8 Å². The van der Waals surface area contributed by atoms with Crippen LogP contribution in [0.25, 0.3) is 11.3 Å². The molecular weight excluding hydrogens is 366 g/mol. The van der Waals surface area contributed by atoms with E-state index in [0.29, 0.717) is 30.5 Å². The number of sulfonamides is 1. The summed E-state index contributed by atoms with van der Waals surface area (Å²) in [5.41, 5.74) is 7.48. The van der Waals surface area contributed by atoms with Crippen molar-refractivity contribution in [3.05, 3.63) is 18.5 Å². The highest BCUT2D eigenvalue weighted by molar-refractivity contribution is 7.89. The molecule has 3 N–H and O–H groups in total. The fourth-order valence-corrected chi connectivity index (χ4v) is 5.03. The molecule has 27 heavy (non-hydrogen) atoms. The largest absolute Gasteiger partial charge is 0.383 e. The summed E-state index contributed by atoms with van der Waals surface area (Å²) in [5, 5.41) is 7.46. The average molecular weight is 394 g/mol. The maximum atomic E-state index is 12.4. The van der Waals surface area contributed by atoms with Crippen molar-refractivity contribution in [3.63, 3.8) is 0 Å². The lowest BCUT2D eigenvalue weighted by molar-refractivity contribution is 0.327. The topological polar surface area (TPSA) is 119 Å². The Labute approximate surface area is 160 Å². The summed E-state index contributed by atoms with van der Waals surface area (Å²) < 4.78 is 27.9. The van der Waals surface area contributed by atoms with Crippen molar-refractivity contribution in [3.8, 4) is 11.3 Å². The highest BCUT2D eigenvalue weighted by atomic mass is 32.2. The van der Waals surface area contributed by atoms with Gasteiger partial charge in [0.25, 0.3) is 0 Å². The van der Waals surface area contributed by atoms with Gasteiger partial charge >= 0.3 is 0 Å². The van der Waals surface area contributed by atoms with E-state index in [9.17, 15) is 8.42 Å². The van der Waals surface area contributed by atoms with Crippen LogP contribution in [0.1, 0.15) is 26.7 Å². The summed E-state index contributed by atoms with van der Waals surface area (Å²) in [5.74, 6) is 1.38. The van der Waals surface area contributed by atoms with Crippen molar-refractivity contribution in [2.24, 2.45) is 13.0 Å². The van der Waals surface area contributed by atoms with Gasteiger partial charge in [-0.25, -0.2) is 22.7 Å². The van der Waals surface area contributed by atoms with Crippen LogP contribution < -0.4 is 11.1 Å². The summed E-state index contributed by atoms with van der Waals surface area (Å²) in [4.78, 5) is 8.81. The summed E-state index contributed by atoms with van der Waals surface area (Å²) >= 11 is 0. The smallest absolute Gasteiger partial charge is 0.223 e. The first-order chi connectivity index (χ1) is 12.8. The van der Waals surface area contributed by atoms with E-state index in [-0.39, 0.29) is 17.7 Å². The lowest BCUT2D eigenvalue weighted by Gasteiger charge is -2.32. The zero-order chi connectivity index (χ0) is 19.6. The molecule has 0 bridgehead atoms. The number of hydrogen-bond donors (Lipinski definition) is 2. The summed E-state index contributed by atoms with van der Waals surface area (Å²) in [7, 11) is -1.39. The van der Waals surface area contributed by atoms with Gasteiger partial charge in [0.05, 0.1) is 23.2 Å². The Morgan fingerprint density at radius 3 is 2.63 bits per heavy atom. The number of rotatable bonds is 6. The monoisotopic (exact) mass is 393 g/mol. The summed E-state index contributed by atoms with van der Waals surface area (Å²) in [6.45, 7) is 4.88. The second kappa shape index (κ2) is 7.81. The number of nitrogens with two attached hydrogens (primary N) is 1. The maximum absolute atomic E-state index is 12.4. The number of hydrogen-bond acceptors (Lipinski definition) is 7. The van der Waals surface area contributed by atoms with E-state index in [2.05, 4.69) is 20.4 Å². The molecule has 0 unspecified atom stereocenters. The first-order valence-corrected chi connectivity index (χ1v) is 10.7. The minimum atomic E-state index is -3.17. The highest BCUT2D eigenvalue weighted by Crippen LogP contribution is 2.24. The maximum Gasteiger partial charge on any atom is 0.223 e. The Morgan fingerprint density at radius 1 is 1.33 bits per heavy atom. The normalized spacial score (nSPS) is 16.7. The van der Waals surface area contributed by atoms with Crippen molar-refractivity contribution < 1.29 is 8.42 Å². The van der Waals surface area contributed by atoms with Gasteiger partial charge in [0, 0.05) is 32.4 Å². The van der Waals surface area contributed by atoms with Crippen LogP contribution in [0.5, 0.6) is 0 Å². The first-order valence-electron chi connectivity index (χ1n) is 9.11. The van der Waals surface area contributed by atoms with Crippen LogP contribution in [-0.4, -0.2) is 57.4 Å². The van der Waals surface area contributed by atoms with E-state index in [1.54, 1.807) is 34.5 Å². The van der Waals surface area contributed by atoms with Crippen LogP contribution >= 0.6 is 0 Å². The molecule has 0 aromatic carbocycles. The van der Waals surface area contributed by atoms with E-state index in [4.69, 9.17) is 5.73 Å². The predicted molar refractivity (Wildman–Crippen MR) is 105 cm³/mol.